The van der Waals surface area contributed by atoms with Crippen molar-refractivity contribution in [3.63, 3.8) is 0 Å². The zero-order valence-corrected chi connectivity index (χ0v) is 13.6. The van der Waals surface area contributed by atoms with E-state index in [4.69, 9.17) is 9.47 Å². The quantitative estimate of drug-likeness (QED) is 0.587. The second-order valence-electron chi connectivity index (χ2n) is 5.84. The molecule has 2 rings (SSSR count). The highest BCUT2D eigenvalue weighted by atomic mass is 79.9. The maximum absolute atomic E-state index is 11.7. The van der Waals surface area contributed by atoms with Crippen molar-refractivity contribution >= 4 is 21.9 Å². The summed E-state index contributed by atoms with van der Waals surface area (Å²) >= 11 is 3.41. The molecule has 0 N–H and O–H groups in total. The molecule has 1 aromatic rings. The van der Waals surface area contributed by atoms with Crippen molar-refractivity contribution in [2.24, 2.45) is 0 Å². The van der Waals surface area contributed by atoms with Crippen LogP contribution in [0.2, 0.25) is 0 Å². The highest BCUT2D eigenvalue weighted by Gasteiger charge is 2.24. The molecule has 0 amide bonds. The minimum atomic E-state index is -0.474. The van der Waals surface area contributed by atoms with Crippen molar-refractivity contribution < 1.29 is 14.3 Å². The molecular formula is C16H19BrO3. The first-order chi connectivity index (χ1) is 9.33. The normalized spacial score (nSPS) is 20.8. The molecule has 0 aliphatic carbocycles. The number of benzene rings is 1. The van der Waals surface area contributed by atoms with Crippen molar-refractivity contribution in [1.82, 2.24) is 0 Å². The molecule has 1 atom stereocenters. The summed E-state index contributed by atoms with van der Waals surface area (Å²) in [6, 6.07) is 8.05. The predicted octanol–water partition coefficient (Wildman–Crippen LogP) is 4.53. The monoisotopic (exact) mass is 338 g/mol. The number of ether oxygens (including phenoxy) is 2. The van der Waals surface area contributed by atoms with Gasteiger partial charge in [-0.15, -0.1) is 0 Å². The molecule has 0 bridgehead atoms. The zero-order chi connectivity index (χ0) is 14.8. The van der Waals surface area contributed by atoms with E-state index in [0.29, 0.717) is 5.76 Å². The van der Waals surface area contributed by atoms with E-state index in [1.54, 1.807) is 0 Å². The summed E-state index contributed by atoms with van der Waals surface area (Å²) in [7, 11) is 0. The summed E-state index contributed by atoms with van der Waals surface area (Å²) in [6.07, 6.45) is 3.14. The van der Waals surface area contributed by atoms with Gasteiger partial charge in [-0.25, -0.2) is 4.79 Å². The first-order valence-electron chi connectivity index (χ1n) is 6.69. The van der Waals surface area contributed by atoms with Gasteiger partial charge in [0.2, 0.25) is 0 Å². The molecule has 4 heteroatoms. The van der Waals surface area contributed by atoms with Crippen LogP contribution < -0.4 is 0 Å². The summed E-state index contributed by atoms with van der Waals surface area (Å²) in [5, 5.41) is 0. The van der Waals surface area contributed by atoms with Gasteiger partial charge in [-0.1, -0.05) is 28.1 Å². The van der Waals surface area contributed by atoms with E-state index in [0.717, 1.165) is 22.9 Å². The minimum Gasteiger partial charge on any atom is -0.490 e. The molecule has 1 saturated heterocycles. The van der Waals surface area contributed by atoms with Crippen molar-refractivity contribution in [1.29, 1.82) is 0 Å². The van der Waals surface area contributed by atoms with Gasteiger partial charge in [0.15, 0.2) is 0 Å². The van der Waals surface area contributed by atoms with Crippen LogP contribution >= 0.6 is 15.9 Å². The van der Waals surface area contributed by atoms with E-state index < -0.39 is 5.60 Å². The molecular weight excluding hydrogens is 320 g/mol. The molecule has 0 aromatic heterocycles. The second kappa shape index (κ2) is 6.00. The van der Waals surface area contributed by atoms with Gasteiger partial charge in [-0.3, -0.25) is 0 Å². The lowest BCUT2D eigenvalue weighted by atomic mass is 10.1. The van der Waals surface area contributed by atoms with Gasteiger partial charge in [0.1, 0.15) is 17.5 Å². The number of halogens is 1. The molecule has 1 unspecified atom stereocenters. The van der Waals surface area contributed by atoms with E-state index in [2.05, 4.69) is 15.9 Å². The lowest BCUT2D eigenvalue weighted by Gasteiger charge is -2.18. The van der Waals surface area contributed by atoms with Crippen LogP contribution in [0.5, 0.6) is 0 Å². The fourth-order valence-corrected chi connectivity index (χ4v) is 2.32. The molecule has 1 aliphatic rings. The summed E-state index contributed by atoms with van der Waals surface area (Å²) in [4.78, 5) is 11.7. The van der Waals surface area contributed by atoms with Crippen molar-refractivity contribution in [3.05, 3.63) is 46.1 Å². The van der Waals surface area contributed by atoms with E-state index in [-0.39, 0.29) is 12.1 Å². The Labute approximate surface area is 128 Å². The Kier molecular flexibility index (Phi) is 4.53. The van der Waals surface area contributed by atoms with Gasteiger partial charge in [0.25, 0.3) is 0 Å². The van der Waals surface area contributed by atoms with Crippen molar-refractivity contribution in [3.8, 4) is 0 Å². The Bertz CT molecular complexity index is 512. The van der Waals surface area contributed by atoms with Crippen molar-refractivity contribution in [2.45, 2.75) is 45.3 Å². The number of hydrogen-bond donors (Lipinski definition) is 0. The summed E-state index contributed by atoms with van der Waals surface area (Å²) < 4.78 is 12.1. The number of esters is 1. The van der Waals surface area contributed by atoms with Gasteiger partial charge < -0.3 is 9.47 Å². The zero-order valence-electron chi connectivity index (χ0n) is 12.0. The van der Waals surface area contributed by atoms with Crippen LogP contribution in [0.3, 0.4) is 0 Å². The van der Waals surface area contributed by atoms with Crippen LogP contribution in [-0.2, 0) is 14.3 Å². The fraction of sp³-hybridized carbons (Fsp3) is 0.438. The third kappa shape index (κ3) is 4.37. The van der Waals surface area contributed by atoms with E-state index in [1.807, 2.05) is 45.0 Å². The van der Waals surface area contributed by atoms with Crippen LogP contribution in [0, 0.1) is 0 Å². The Morgan fingerprint density at radius 3 is 2.60 bits per heavy atom. The van der Waals surface area contributed by atoms with Gasteiger partial charge >= 0.3 is 5.97 Å². The van der Waals surface area contributed by atoms with E-state index in [9.17, 15) is 4.79 Å². The van der Waals surface area contributed by atoms with Gasteiger partial charge in [0.05, 0.1) is 6.08 Å². The molecule has 1 aliphatic heterocycles. The minimum absolute atomic E-state index is 0.0248. The molecule has 108 valence electrons. The first-order valence-corrected chi connectivity index (χ1v) is 7.48. The topological polar surface area (TPSA) is 35.5 Å². The van der Waals surface area contributed by atoms with E-state index >= 15 is 0 Å². The number of carbonyl (C=O) groups is 1. The molecule has 20 heavy (non-hydrogen) atoms. The molecule has 1 fully saturated rings. The summed E-state index contributed by atoms with van der Waals surface area (Å²) in [5.41, 5.74) is 0.651. The molecule has 1 heterocycles. The van der Waals surface area contributed by atoms with Crippen LogP contribution in [-0.4, -0.2) is 11.6 Å². The first kappa shape index (κ1) is 15.1. The Morgan fingerprint density at radius 2 is 2.00 bits per heavy atom. The molecule has 0 radical (unpaired) electrons. The number of rotatable bonds is 2. The third-order valence-corrected chi connectivity index (χ3v) is 3.40. The molecule has 3 nitrogen and oxygen atoms in total. The predicted molar refractivity (Wildman–Crippen MR) is 81.1 cm³/mol. The SMILES string of the molecule is CC(C)(C)OC(=O)/C=C1/CCC(c2ccc(Br)cc2)O1. The molecule has 1 aromatic carbocycles. The number of allylic oxidation sites excluding steroid dienone is 1. The highest BCUT2D eigenvalue weighted by molar-refractivity contribution is 9.10. The van der Waals surface area contributed by atoms with Gasteiger partial charge in [0, 0.05) is 10.9 Å². The van der Waals surface area contributed by atoms with Gasteiger partial charge in [-0.2, -0.15) is 0 Å². The standard InChI is InChI=1S/C16H19BrO3/c1-16(2,3)20-15(18)10-13-8-9-14(19-13)11-4-6-12(17)7-5-11/h4-7,10,14H,8-9H2,1-3H3/b13-10-. The van der Waals surface area contributed by atoms with Crippen LogP contribution in [0.1, 0.15) is 45.3 Å². The lowest BCUT2D eigenvalue weighted by Crippen LogP contribution is -2.22. The van der Waals surface area contributed by atoms with Crippen LogP contribution in [0.25, 0.3) is 0 Å². The lowest BCUT2D eigenvalue weighted by molar-refractivity contribution is -0.148. The maximum atomic E-state index is 11.7. The largest absolute Gasteiger partial charge is 0.490 e. The molecule has 0 saturated carbocycles. The van der Waals surface area contributed by atoms with Crippen molar-refractivity contribution in [2.75, 3.05) is 0 Å². The highest BCUT2D eigenvalue weighted by Crippen LogP contribution is 2.35. The fourth-order valence-electron chi connectivity index (χ4n) is 2.05. The molecule has 0 spiro atoms. The second-order valence-corrected chi connectivity index (χ2v) is 6.76. The van der Waals surface area contributed by atoms with Crippen LogP contribution in [0.15, 0.2) is 40.6 Å². The average molecular weight is 339 g/mol. The summed E-state index contributed by atoms with van der Waals surface area (Å²) in [5.74, 6) is 0.358. The summed E-state index contributed by atoms with van der Waals surface area (Å²) in [6.45, 7) is 5.55. The Hall–Kier alpha value is -1.29. The van der Waals surface area contributed by atoms with Crippen LogP contribution in [0.4, 0.5) is 0 Å². The third-order valence-electron chi connectivity index (χ3n) is 2.87. The average Bonchev–Trinajstić information content (AvgIpc) is 2.75. The van der Waals surface area contributed by atoms with E-state index in [1.165, 1.54) is 6.08 Å². The number of carbonyl (C=O) groups excluding carboxylic acids is 1. The Morgan fingerprint density at radius 1 is 1.35 bits per heavy atom. The maximum Gasteiger partial charge on any atom is 0.334 e. The Balaban J connectivity index is 1.98. The number of hydrogen-bond acceptors (Lipinski definition) is 3. The smallest absolute Gasteiger partial charge is 0.334 e. The van der Waals surface area contributed by atoms with Gasteiger partial charge in [-0.05, 0) is 44.9 Å².